The SMILES string of the molecule is Cc1cccc2c1NC(c1cc(Cl)ccc1O)NC2=O. The fourth-order valence-electron chi connectivity index (χ4n) is 2.35. The zero-order valence-corrected chi connectivity index (χ0v) is 11.5. The van der Waals surface area contributed by atoms with Crippen LogP contribution in [0.2, 0.25) is 5.02 Å². The van der Waals surface area contributed by atoms with Crippen molar-refractivity contribution in [3.8, 4) is 5.75 Å². The van der Waals surface area contributed by atoms with Gasteiger partial charge in [0.25, 0.3) is 5.91 Å². The molecule has 2 aromatic rings. The lowest BCUT2D eigenvalue weighted by atomic mass is 10.0. The minimum absolute atomic E-state index is 0.0873. The molecular formula is C15H13ClN2O2. The molecular weight excluding hydrogens is 276 g/mol. The van der Waals surface area contributed by atoms with E-state index in [1.165, 1.54) is 6.07 Å². The van der Waals surface area contributed by atoms with Crippen LogP contribution in [0.3, 0.4) is 0 Å². The first-order chi connectivity index (χ1) is 9.56. The number of aryl methyl sites for hydroxylation is 1. The van der Waals surface area contributed by atoms with Gasteiger partial charge in [0.1, 0.15) is 11.9 Å². The number of phenolic OH excluding ortho intramolecular Hbond substituents is 1. The molecule has 2 aromatic carbocycles. The molecule has 3 N–H and O–H groups in total. The summed E-state index contributed by atoms with van der Waals surface area (Å²) in [5, 5.41) is 16.5. The van der Waals surface area contributed by atoms with Gasteiger partial charge in [-0.05, 0) is 36.8 Å². The van der Waals surface area contributed by atoms with E-state index < -0.39 is 6.17 Å². The quantitative estimate of drug-likeness (QED) is 0.755. The van der Waals surface area contributed by atoms with Crippen LogP contribution < -0.4 is 10.6 Å². The number of phenols is 1. The number of benzene rings is 2. The largest absolute Gasteiger partial charge is 0.508 e. The Labute approximate surface area is 121 Å². The summed E-state index contributed by atoms with van der Waals surface area (Å²) in [6.07, 6.45) is -0.505. The average Bonchev–Trinajstić information content (AvgIpc) is 2.42. The minimum atomic E-state index is -0.505. The summed E-state index contributed by atoms with van der Waals surface area (Å²) in [6, 6.07) is 10.3. The average molecular weight is 289 g/mol. The molecule has 0 spiro atoms. The summed E-state index contributed by atoms with van der Waals surface area (Å²) in [5.74, 6) is -0.0870. The molecule has 1 atom stereocenters. The molecule has 3 rings (SSSR count). The first-order valence-corrected chi connectivity index (χ1v) is 6.59. The fourth-order valence-corrected chi connectivity index (χ4v) is 2.53. The molecule has 0 saturated carbocycles. The second-order valence-electron chi connectivity index (χ2n) is 4.75. The van der Waals surface area contributed by atoms with Gasteiger partial charge in [-0.3, -0.25) is 4.79 Å². The second kappa shape index (κ2) is 4.72. The Balaban J connectivity index is 2.05. The molecule has 5 heteroatoms. The van der Waals surface area contributed by atoms with Gasteiger partial charge in [-0.2, -0.15) is 0 Å². The fraction of sp³-hybridized carbons (Fsp3) is 0.133. The number of carbonyl (C=O) groups excluding carboxylic acids is 1. The molecule has 20 heavy (non-hydrogen) atoms. The van der Waals surface area contributed by atoms with E-state index in [2.05, 4.69) is 10.6 Å². The maximum atomic E-state index is 12.2. The van der Waals surface area contributed by atoms with E-state index in [-0.39, 0.29) is 11.7 Å². The predicted molar refractivity (Wildman–Crippen MR) is 78.1 cm³/mol. The molecule has 0 bridgehead atoms. The van der Waals surface area contributed by atoms with Crippen molar-refractivity contribution < 1.29 is 9.90 Å². The van der Waals surface area contributed by atoms with E-state index in [4.69, 9.17) is 11.6 Å². The highest BCUT2D eigenvalue weighted by Crippen LogP contribution is 2.33. The van der Waals surface area contributed by atoms with Crippen LogP contribution in [0.5, 0.6) is 5.75 Å². The highest BCUT2D eigenvalue weighted by molar-refractivity contribution is 6.30. The van der Waals surface area contributed by atoms with Crippen molar-refractivity contribution in [1.82, 2.24) is 5.32 Å². The smallest absolute Gasteiger partial charge is 0.255 e. The second-order valence-corrected chi connectivity index (χ2v) is 5.19. The number of rotatable bonds is 1. The molecule has 1 amide bonds. The van der Waals surface area contributed by atoms with E-state index in [0.717, 1.165) is 11.3 Å². The normalized spacial score (nSPS) is 17.1. The number of carbonyl (C=O) groups is 1. The number of hydrogen-bond acceptors (Lipinski definition) is 3. The first kappa shape index (κ1) is 12.8. The molecule has 1 aliphatic rings. The third kappa shape index (κ3) is 2.08. The zero-order valence-electron chi connectivity index (χ0n) is 10.8. The van der Waals surface area contributed by atoms with Crippen LogP contribution >= 0.6 is 11.6 Å². The van der Waals surface area contributed by atoms with E-state index in [1.807, 2.05) is 19.1 Å². The standard InChI is InChI=1S/C15H13ClN2O2/c1-8-3-2-4-10-13(8)17-14(18-15(10)20)11-7-9(16)5-6-12(11)19/h2-7,14,17,19H,1H3,(H,18,20). The number of fused-ring (bicyclic) bond motifs is 1. The topological polar surface area (TPSA) is 61.4 Å². The van der Waals surface area contributed by atoms with Crippen molar-refractivity contribution in [2.24, 2.45) is 0 Å². The molecule has 102 valence electrons. The van der Waals surface area contributed by atoms with Crippen molar-refractivity contribution in [2.75, 3.05) is 5.32 Å². The molecule has 1 unspecified atom stereocenters. The van der Waals surface area contributed by atoms with Gasteiger partial charge in [-0.1, -0.05) is 23.7 Å². The summed E-state index contributed by atoms with van der Waals surface area (Å²) in [5.41, 5.74) is 2.90. The van der Waals surface area contributed by atoms with Crippen molar-refractivity contribution in [3.05, 3.63) is 58.1 Å². The van der Waals surface area contributed by atoms with Crippen molar-refractivity contribution in [3.63, 3.8) is 0 Å². The molecule has 0 saturated heterocycles. The van der Waals surface area contributed by atoms with Gasteiger partial charge in [-0.15, -0.1) is 0 Å². The van der Waals surface area contributed by atoms with E-state index in [9.17, 15) is 9.90 Å². The van der Waals surface area contributed by atoms with Gasteiger partial charge in [0.15, 0.2) is 0 Å². The highest BCUT2D eigenvalue weighted by atomic mass is 35.5. The van der Waals surface area contributed by atoms with E-state index in [0.29, 0.717) is 16.1 Å². The highest BCUT2D eigenvalue weighted by Gasteiger charge is 2.27. The summed E-state index contributed by atoms with van der Waals surface area (Å²) < 4.78 is 0. The molecule has 4 nitrogen and oxygen atoms in total. The van der Waals surface area contributed by atoms with Gasteiger partial charge in [0.2, 0.25) is 0 Å². The van der Waals surface area contributed by atoms with Gasteiger partial charge >= 0.3 is 0 Å². The van der Waals surface area contributed by atoms with Crippen LogP contribution in [0, 0.1) is 6.92 Å². The van der Waals surface area contributed by atoms with E-state index in [1.54, 1.807) is 18.2 Å². The number of anilines is 1. The van der Waals surface area contributed by atoms with E-state index >= 15 is 0 Å². The van der Waals surface area contributed by atoms with Crippen molar-refractivity contribution in [1.29, 1.82) is 0 Å². The van der Waals surface area contributed by atoms with Crippen molar-refractivity contribution >= 4 is 23.2 Å². The number of halogens is 1. The Hall–Kier alpha value is -2.20. The summed E-state index contributed by atoms with van der Waals surface area (Å²) >= 11 is 5.95. The number of amides is 1. The van der Waals surface area contributed by atoms with Crippen molar-refractivity contribution in [2.45, 2.75) is 13.1 Å². The third-order valence-electron chi connectivity index (χ3n) is 3.38. The maximum absolute atomic E-state index is 12.2. The number of hydrogen-bond donors (Lipinski definition) is 3. The Morgan fingerprint density at radius 3 is 2.80 bits per heavy atom. The number of para-hydroxylation sites is 1. The van der Waals surface area contributed by atoms with Gasteiger partial charge in [0.05, 0.1) is 11.3 Å². The molecule has 0 fully saturated rings. The number of nitrogens with one attached hydrogen (secondary N) is 2. The molecule has 1 aliphatic heterocycles. The molecule has 0 aromatic heterocycles. The van der Waals surface area contributed by atoms with Crippen LogP contribution in [-0.2, 0) is 0 Å². The van der Waals surface area contributed by atoms with Crippen LogP contribution in [0.1, 0.15) is 27.7 Å². The van der Waals surface area contributed by atoms with Gasteiger partial charge in [-0.25, -0.2) is 0 Å². The van der Waals surface area contributed by atoms with Crippen LogP contribution in [0.25, 0.3) is 0 Å². The molecule has 0 aliphatic carbocycles. The Bertz CT molecular complexity index is 700. The van der Waals surface area contributed by atoms with Crippen LogP contribution in [-0.4, -0.2) is 11.0 Å². The molecule has 1 heterocycles. The number of aromatic hydroxyl groups is 1. The Morgan fingerprint density at radius 1 is 1.20 bits per heavy atom. The predicted octanol–water partition coefficient (Wildman–Crippen LogP) is 3.21. The maximum Gasteiger partial charge on any atom is 0.255 e. The lowest BCUT2D eigenvalue weighted by molar-refractivity contribution is 0.0935. The molecule has 0 radical (unpaired) electrons. The van der Waals surface area contributed by atoms with Gasteiger partial charge in [0, 0.05) is 10.6 Å². The summed E-state index contributed by atoms with van der Waals surface area (Å²) in [7, 11) is 0. The minimum Gasteiger partial charge on any atom is -0.508 e. The Morgan fingerprint density at radius 2 is 2.00 bits per heavy atom. The lowest BCUT2D eigenvalue weighted by Crippen LogP contribution is -2.38. The third-order valence-corrected chi connectivity index (χ3v) is 3.62. The summed E-state index contributed by atoms with van der Waals surface area (Å²) in [6.45, 7) is 1.93. The first-order valence-electron chi connectivity index (χ1n) is 6.21. The lowest BCUT2D eigenvalue weighted by Gasteiger charge is -2.29. The van der Waals surface area contributed by atoms with Gasteiger partial charge < -0.3 is 15.7 Å². The Kier molecular flexibility index (Phi) is 3.03. The summed E-state index contributed by atoms with van der Waals surface area (Å²) in [4.78, 5) is 12.2. The zero-order chi connectivity index (χ0) is 14.3. The van der Waals surface area contributed by atoms with Crippen LogP contribution in [0.15, 0.2) is 36.4 Å². The monoisotopic (exact) mass is 288 g/mol. The van der Waals surface area contributed by atoms with Crippen LogP contribution in [0.4, 0.5) is 5.69 Å².